The lowest BCUT2D eigenvalue weighted by atomic mass is 10.1. The summed E-state index contributed by atoms with van der Waals surface area (Å²) >= 11 is 0. The second kappa shape index (κ2) is 8.91. The van der Waals surface area contributed by atoms with E-state index in [-0.39, 0.29) is 17.2 Å². The summed E-state index contributed by atoms with van der Waals surface area (Å²) in [6, 6.07) is 12.7. The molecule has 0 spiro atoms. The van der Waals surface area contributed by atoms with Crippen LogP contribution < -0.4 is 10.0 Å². The van der Waals surface area contributed by atoms with Crippen molar-refractivity contribution < 1.29 is 17.6 Å². The van der Waals surface area contributed by atoms with Crippen LogP contribution in [0.3, 0.4) is 0 Å². The summed E-state index contributed by atoms with van der Waals surface area (Å²) in [5, 5.41) is 2.76. The first-order valence-corrected chi connectivity index (χ1v) is 9.86. The smallest absolute Gasteiger partial charge is 0.241 e. The van der Waals surface area contributed by atoms with Crippen LogP contribution in [0.2, 0.25) is 0 Å². The van der Waals surface area contributed by atoms with Gasteiger partial charge < -0.3 is 5.32 Å². The first-order chi connectivity index (χ1) is 12.3. The Morgan fingerprint density at radius 1 is 1.04 bits per heavy atom. The molecule has 2 rings (SSSR count). The maximum Gasteiger partial charge on any atom is 0.241 e. The van der Waals surface area contributed by atoms with E-state index in [1.807, 2.05) is 44.2 Å². The number of halogens is 1. The number of carbonyl (C=O) groups is 1. The van der Waals surface area contributed by atoms with E-state index in [1.165, 1.54) is 12.1 Å². The van der Waals surface area contributed by atoms with Crippen LogP contribution in [-0.4, -0.2) is 26.9 Å². The van der Waals surface area contributed by atoms with Crippen molar-refractivity contribution in [3.05, 3.63) is 66.0 Å². The van der Waals surface area contributed by atoms with Gasteiger partial charge in [0, 0.05) is 6.54 Å². The molecule has 2 aromatic rings. The maximum atomic E-state index is 13.0. The van der Waals surface area contributed by atoms with Gasteiger partial charge in [-0.1, -0.05) is 44.2 Å². The summed E-state index contributed by atoms with van der Waals surface area (Å²) in [6.07, 6.45) is 0.213. The van der Waals surface area contributed by atoms with E-state index in [2.05, 4.69) is 10.0 Å². The van der Waals surface area contributed by atoms with Crippen LogP contribution >= 0.6 is 0 Å². The second-order valence-electron chi connectivity index (χ2n) is 6.46. The van der Waals surface area contributed by atoms with E-state index in [1.54, 1.807) is 0 Å². The van der Waals surface area contributed by atoms with Gasteiger partial charge >= 0.3 is 0 Å². The summed E-state index contributed by atoms with van der Waals surface area (Å²) in [7, 11) is -3.96. The molecule has 0 aliphatic rings. The molecule has 0 saturated heterocycles. The second-order valence-corrected chi connectivity index (χ2v) is 8.17. The number of sulfonamides is 1. The molecule has 1 amide bonds. The van der Waals surface area contributed by atoms with Gasteiger partial charge in [-0.25, -0.2) is 12.8 Å². The van der Waals surface area contributed by atoms with Crippen molar-refractivity contribution >= 4 is 15.9 Å². The number of carbonyl (C=O) groups excluding carboxylic acids is 1. The summed E-state index contributed by atoms with van der Waals surface area (Å²) in [5.41, 5.74) is 0.832. The number of amides is 1. The lowest BCUT2D eigenvalue weighted by Crippen LogP contribution is -2.48. The molecule has 140 valence electrons. The Morgan fingerprint density at radius 3 is 2.23 bits per heavy atom. The molecule has 1 atom stereocenters. The zero-order valence-electron chi connectivity index (χ0n) is 14.8. The van der Waals surface area contributed by atoms with Crippen LogP contribution in [0.5, 0.6) is 0 Å². The molecule has 1 unspecified atom stereocenters. The van der Waals surface area contributed by atoms with E-state index in [0.29, 0.717) is 6.54 Å². The molecule has 0 aliphatic carbocycles. The third-order valence-electron chi connectivity index (χ3n) is 3.71. The van der Waals surface area contributed by atoms with Crippen LogP contribution in [0.15, 0.2) is 59.5 Å². The molecular weight excluding hydrogens is 355 g/mol. The maximum absolute atomic E-state index is 13.0. The van der Waals surface area contributed by atoms with E-state index in [9.17, 15) is 17.6 Å². The van der Waals surface area contributed by atoms with Crippen molar-refractivity contribution in [2.45, 2.75) is 31.2 Å². The minimum atomic E-state index is -3.96. The van der Waals surface area contributed by atoms with Crippen LogP contribution in [0, 0.1) is 11.7 Å². The Balaban J connectivity index is 2.21. The molecule has 7 heteroatoms. The van der Waals surface area contributed by atoms with Gasteiger partial charge in [-0.3, -0.25) is 4.79 Å². The number of rotatable bonds is 8. The molecular formula is C19H23FN2O3S. The fourth-order valence-corrected chi connectivity index (χ4v) is 3.53. The molecule has 0 aliphatic heterocycles. The number of hydrogen-bond donors (Lipinski definition) is 2. The highest BCUT2D eigenvalue weighted by Crippen LogP contribution is 2.12. The average molecular weight is 378 g/mol. The van der Waals surface area contributed by atoms with Crippen LogP contribution in [0.1, 0.15) is 19.4 Å². The van der Waals surface area contributed by atoms with Crippen LogP contribution in [-0.2, 0) is 21.2 Å². The van der Waals surface area contributed by atoms with Gasteiger partial charge in [-0.2, -0.15) is 4.72 Å². The third kappa shape index (κ3) is 5.93. The molecule has 0 saturated carbocycles. The number of hydrogen-bond acceptors (Lipinski definition) is 3. The molecule has 0 bridgehead atoms. The van der Waals surface area contributed by atoms with Crippen molar-refractivity contribution in [2.24, 2.45) is 5.92 Å². The first-order valence-electron chi connectivity index (χ1n) is 8.37. The average Bonchev–Trinajstić information content (AvgIpc) is 2.60. The molecule has 2 aromatic carbocycles. The van der Waals surface area contributed by atoms with Crippen LogP contribution in [0.25, 0.3) is 0 Å². The highest BCUT2D eigenvalue weighted by Gasteiger charge is 2.26. The van der Waals surface area contributed by atoms with Gasteiger partial charge in [0.25, 0.3) is 0 Å². The highest BCUT2D eigenvalue weighted by atomic mass is 32.2. The molecule has 0 radical (unpaired) electrons. The monoisotopic (exact) mass is 378 g/mol. The summed E-state index contributed by atoms with van der Waals surface area (Å²) < 4.78 is 40.6. The third-order valence-corrected chi connectivity index (χ3v) is 5.19. The first kappa shape index (κ1) is 20.1. The molecule has 26 heavy (non-hydrogen) atoms. The predicted octanol–water partition coefficient (Wildman–Crippen LogP) is 2.49. The van der Waals surface area contributed by atoms with Gasteiger partial charge in [0.15, 0.2) is 0 Å². The predicted molar refractivity (Wildman–Crippen MR) is 98.5 cm³/mol. The molecule has 0 heterocycles. The Labute approximate surface area is 153 Å². The SMILES string of the molecule is CC(C)CNC(=O)C(Cc1ccccc1)NS(=O)(=O)c1ccc(F)cc1. The molecule has 2 N–H and O–H groups in total. The zero-order chi connectivity index (χ0) is 19.2. The highest BCUT2D eigenvalue weighted by molar-refractivity contribution is 7.89. The molecule has 5 nitrogen and oxygen atoms in total. The fraction of sp³-hybridized carbons (Fsp3) is 0.316. The van der Waals surface area contributed by atoms with Crippen LogP contribution in [0.4, 0.5) is 4.39 Å². The van der Waals surface area contributed by atoms with Gasteiger partial charge in [-0.05, 0) is 42.2 Å². The van der Waals surface area contributed by atoms with Crippen molar-refractivity contribution in [1.29, 1.82) is 0 Å². The molecule has 0 aromatic heterocycles. The minimum Gasteiger partial charge on any atom is -0.354 e. The van der Waals surface area contributed by atoms with E-state index < -0.39 is 27.8 Å². The normalized spacial score (nSPS) is 12.8. The summed E-state index contributed by atoms with van der Waals surface area (Å²) in [4.78, 5) is 12.4. The van der Waals surface area contributed by atoms with Crippen molar-refractivity contribution in [2.75, 3.05) is 6.54 Å². The van der Waals surface area contributed by atoms with Gasteiger partial charge in [0.2, 0.25) is 15.9 Å². The topological polar surface area (TPSA) is 75.3 Å². The van der Waals surface area contributed by atoms with E-state index in [4.69, 9.17) is 0 Å². The fourth-order valence-electron chi connectivity index (χ4n) is 2.33. The van der Waals surface area contributed by atoms with Crippen molar-refractivity contribution in [1.82, 2.24) is 10.0 Å². The Morgan fingerprint density at radius 2 is 1.65 bits per heavy atom. The Kier molecular flexibility index (Phi) is 6.88. The minimum absolute atomic E-state index is 0.0892. The lowest BCUT2D eigenvalue weighted by Gasteiger charge is -2.19. The standard InChI is InChI=1S/C19H23FN2O3S/c1-14(2)13-21-19(23)18(12-15-6-4-3-5-7-15)22-26(24,25)17-10-8-16(20)9-11-17/h3-11,14,18,22H,12-13H2,1-2H3,(H,21,23). The van der Waals surface area contributed by atoms with E-state index in [0.717, 1.165) is 17.7 Å². The van der Waals surface area contributed by atoms with Gasteiger partial charge in [0.05, 0.1) is 4.90 Å². The largest absolute Gasteiger partial charge is 0.354 e. The quantitative estimate of drug-likeness (QED) is 0.741. The number of nitrogens with one attached hydrogen (secondary N) is 2. The zero-order valence-corrected chi connectivity index (χ0v) is 15.6. The van der Waals surface area contributed by atoms with Crippen molar-refractivity contribution in [3.8, 4) is 0 Å². The van der Waals surface area contributed by atoms with Gasteiger partial charge in [-0.15, -0.1) is 0 Å². The Hall–Kier alpha value is -2.25. The lowest BCUT2D eigenvalue weighted by molar-refractivity contribution is -0.122. The summed E-state index contributed by atoms with van der Waals surface area (Å²) in [5.74, 6) is -0.683. The molecule has 0 fully saturated rings. The van der Waals surface area contributed by atoms with Crippen molar-refractivity contribution in [3.63, 3.8) is 0 Å². The Bertz CT molecular complexity index is 822. The summed E-state index contributed by atoms with van der Waals surface area (Å²) in [6.45, 7) is 4.35. The van der Waals surface area contributed by atoms with E-state index >= 15 is 0 Å². The number of benzene rings is 2. The van der Waals surface area contributed by atoms with Gasteiger partial charge in [0.1, 0.15) is 11.9 Å².